The molecule has 25 atom stereocenters. The van der Waals surface area contributed by atoms with Crippen molar-refractivity contribution in [3.63, 3.8) is 0 Å². The second-order valence-electron chi connectivity index (χ2n) is 25.6. The highest BCUT2D eigenvalue weighted by molar-refractivity contribution is 5.73. The number of aliphatic hydroxyl groups excluding tert-OH is 8. The minimum Gasteiger partial charge on any atom is -0.394 e. The molecule has 9 N–H and O–H groups in total. The molecule has 5 aliphatic heterocycles. The number of rotatable bonds is 32. The predicted octanol–water partition coefficient (Wildman–Crippen LogP) is 3.25. The van der Waals surface area contributed by atoms with Gasteiger partial charge in [-0.05, 0) is 40.3 Å². The number of benzene rings is 6. The normalized spacial score (nSPS) is 34.5. The van der Waals surface area contributed by atoms with Crippen molar-refractivity contribution in [2.45, 2.75) is 207 Å². The second kappa shape index (κ2) is 37.5. The van der Waals surface area contributed by atoms with Crippen molar-refractivity contribution in [2.24, 2.45) is 0 Å². The van der Waals surface area contributed by atoms with E-state index in [1.807, 2.05) is 182 Å². The van der Waals surface area contributed by atoms with Crippen LogP contribution in [0.5, 0.6) is 0 Å². The van der Waals surface area contributed by atoms with Crippen LogP contribution in [0.2, 0.25) is 0 Å². The molecule has 5 saturated heterocycles. The van der Waals surface area contributed by atoms with E-state index in [0.29, 0.717) is 5.56 Å². The Morgan fingerprint density at radius 3 is 1.26 bits per heavy atom. The van der Waals surface area contributed by atoms with Crippen molar-refractivity contribution in [3.8, 4) is 0 Å². The van der Waals surface area contributed by atoms with Crippen molar-refractivity contribution in [3.05, 3.63) is 215 Å². The summed E-state index contributed by atoms with van der Waals surface area (Å²) in [5.41, 5.74) is 4.69. The number of amides is 1. The maximum absolute atomic E-state index is 13.5. The zero-order chi connectivity index (χ0) is 70.8. The number of carbonyl (C=O) groups excluding carboxylic acids is 1. The molecule has 26 heteroatoms. The largest absolute Gasteiger partial charge is 0.394 e. The van der Waals surface area contributed by atoms with E-state index < -0.39 is 179 Å². The molecule has 548 valence electrons. The third-order valence-corrected chi connectivity index (χ3v) is 18.4. The molecule has 5 fully saturated rings. The number of hydrogen-bond acceptors (Lipinski definition) is 25. The van der Waals surface area contributed by atoms with E-state index in [1.54, 1.807) is 0 Å². The van der Waals surface area contributed by atoms with E-state index in [-0.39, 0.29) is 46.2 Å². The van der Waals surface area contributed by atoms with Gasteiger partial charge in [-0.15, -0.1) is 0 Å². The third-order valence-electron chi connectivity index (χ3n) is 18.4. The first-order valence-corrected chi connectivity index (χ1v) is 34.0. The van der Waals surface area contributed by atoms with Crippen molar-refractivity contribution in [1.29, 1.82) is 0 Å². The summed E-state index contributed by atoms with van der Waals surface area (Å²) in [5, 5.41) is 95.4. The average molecular weight is 1410 g/mol. The zero-order valence-electron chi connectivity index (χ0n) is 56.3. The standard InChI is InChI=1S/C75H93NO25/c1-44-57(79)59(81)61(83)72(95-44)93-43-55-64(88-36-47-24-12-5-13-25-47)63(85)68(90-38-49-28-16-7-17-29-49)75(99-55)100-66-54(41-87-35-46-22-10-4-11-23-46)98-71(86-3)56(76-45(2)78)67(66)101-73-62(84)60(82)58(80)53(97-73)42-94-74-70(92-40-51-32-20-9-21-33-51)69(91-39-50-30-18-8-19-31-50)65(52(34-77)96-74)89-37-48-26-14-6-15-27-48/h4-33,44,52-75,77,79-85H,34-43H2,1-3H3,(H,76,78)/t44-,52+,53+,54+,55+,56+,57-,58+,59+,60-,61+,62+,63-,64+,65+,66-,67+,68+,69-,70+,71-,72+,73-,74-,75+/m0/s1. The lowest BCUT2D eigenvalue weighted by Gasteiger charge is -2.51. The lowest BCUT2D eigenvalue weighted by molar-refractivity contribution is -0.384. The second-order valence-corrected chi connectivity index (χ2v) is 25.6. The molecule has 5 aliphatic rings. The van der Waals surface area contributed by atoms with Gasteiger partial charge >= 0.3 is 0 Å². The monoisotopic (exact) mass is 1410 g/mol. The molecule has 0 unspecified atom stereocenters. The van der Waals surface area contributed by atoms with Crippen LogP contribution in [0.1, 0.15) is 47.2 Å². The lowest BCUT2D eigenvalue weighted by Crippen LogP contribution is -2.70. The molecule has 101 heavy (non-hydrogen) atoms. The summed E-state index contributed by atoms with van der Waals surface area (Å²) in [5.74, 6) is -0.599. The van der Waals surface area contributed by atoms with Crippen LogP contribution in [-0.4, -0.2) is 234 Å². The van der Waals surface area contributed by atoms with Crippen molar-refractivity contribution in [2.75, 3.05) is 33.5 Å². The molecule has 0 spiro atoms. The Morgan fingerprint density at radius 2 is 0.752 bits per heavy atom. The van der Waals surface area contributed by atoms with Crippen molar-refractivity contribution >= 4 is 5.91 Å². The minimum atomic E-state index is -2.03. The number of ether oxygens (including phenoxy) is 16. The van der Waals surface area contributed by atoms with Gasteiger partial charge in [0.25, 0.3) is 0 Å². The first-order chi connectivity index (χ1) is 49.1. The minimum absolute atomic E-state index is 0.0422. The van der Waals surface area contributed by atoms with Crippen LogP contribution in [0, 0.1) is 0 Å². The van der Waals surface area contributed by atoms with Crippen molar-refractivity contribution < 1.29 is 121 Å². The Bertz CT molecular complexity index is 3350. The van der Waals surface area contributed by atoms with Gasteiger partial charge in [0.05, 0.1) is 72.2 Å². The van der Waals surface area contributed by atoms with Crippen LogP contribution in [0.25, 0.3) is 0 Å². The summed E-state index contributed by atoms with van der Waals surface area (Å²) in [7, 11) is 1.33. The van der Waals surface area contributed by atoms with Crippen molar-refractivity contribution in [1.82, 2.24) is 5.32 Å². The van der Waals surface area contributed by atoms with Crippen LogP contribution in [0.3, 0.4) is 0 Å². The van der Waals surface area contributed by atoms with Crippen LogP contribution in [0.4, 0.5) is 0 Å². The Balaban J connectivity index is 0.920. The molecule has 0 radical (unpaired) electrons. The fourth-order valence-electron chi connectivity index (χ4n) is 12.9. The molecule has 26 nitrogen and oxygen atoms in total. The maximum Gasteiger partial charge on any atom is 0.217 e. The summed E-state index contributed by atoms with van der Waals surface area (Å²) in [6, 6.07) is 54.4. The van der Waals surface area contributed by atoms with Gasteiger partial charge in [-0.2, -0.15) is 0 Å². The Morgan fingerprint density at radius 1 is 0.356 bits per heavy atom. The van der Waals surface area contributed by atoms with Gasteiger partial charge in [-0.25, -0.2) is 0 Å². The topological polar surface area (TPSA) is 339 Å². The highest BCUT2D eigenvalue weighted by atomic mass is 16.8. The van der Waals surface area contributed by atoms with Crippen LogP contribution in [0.15, 0.2) is 182 Å². The first kappa shape index (κ1) is 76.0. The summed E-state index contributed by atoms with van der Waals surface area (Å²) in [6.45, 7) is 1.00. The van der Waals surface area contributed by atoms with Gasteiger partial charge in [0.15, 0.2) is 31.5 Å². The van der Waals surface area contributed by atoms with Gasteiger partial charge in [0.1, 0.15) is 116 Å². The van der Waals surface area contributed by atoms with Crippen LogP contribution in [-0.2, 0) is 120 Å². The van der Waals surface area contributed by atoms with E-state index in [2.05, 4.69) is 5.32 Å². The fourth-order valence-corrected chi connectivity index (χ4v) is 12.9. The molecule has 6 aromatic carbocycles. The number of carbonyl (C=O) groups is 1. The molecule has 0 aliphatic carbocycles. The fraction of sp³-hybridized carbons (Fsp3) is 0.507. The SMILES string of the molecule is CO[C@H]1O[C@H](COCc2ccccc2)[C@H](O[C@H]2O[C@H](CO[C@@H]3O[C@@H](C)[C@H](O)[C@@H](O)[C@H]3O)[C@@H](OCc3ccccc3)[C@H](O)[C@H]2OCc2ccccc2)[C@H](O[C@@H]2O[C@H](CO[C@H]3O[C@H](CO)[C@@H](OCc4ccccc4)[C@H](OCc4ccccc4)[C@H]3OCc3ccccc3)[C@@H](O)[C@H](O)[C@H]2O)[C@H]1NC(C)=O. The molecule has 6 aromatic rings. The van der Waals surface area contributed by atoms with Gasteiger partial charge in [-0.1, -0.05) is 182 Å². The molecule has 0 bridgehead atoms. The predicted molar refractivity (Wildman–Crippen MR) is 356 cm³/mol. The highest BCUT2D eigenvalue weighted by Gasteiger charge is 2.57. The Hall–Kier alpha value is -6.17. The smallest absolute Gasteiger partial charge is 0.217 e. The average Bonchev–Trinajstić information content (AvgIpc) is 0.706. The molecule has 11 rings (SSSR count). The molecule has 0 saturated carbocycles. The number of hydrogen-bond donors (Lipinski definition) is 9. The van der Waals surface area contributed by atoms with Crippen LogP contribution < -0.4 is 5.32 Å². The maximum atomic E-state index is 13.5. The van der Waals surface area contributed by atoms with Crippen LogP contribution >= 0.6 is 0 Å². The molecule has 5 heterocycles. The zero-order valence-corrected chi connectivity index (χ0v) is 56.3. The summed E-state index contributed by atoms with van der Waals surface area (Å²) in [6.07, 6.45) is -35.2. The Kier molecular flexibility index (Phi) is 28.2. The highest BCUT2D eigenvalue weighted by Crippen LogP contribution is 2.38. The number of aliphatic hydroxyl groups is 8. The molecule has 1 amide bonds. The van der Waals surface area contributed by atoms with E-state index in [0.717, 1.165) is 27.8 Å². The summed E-state index contributed by atoms with van der Waals surface area (Å²) < 4.78 is 105. The van der Waals surface area contributed by atoms with Gasteiger partial charge in [0, 0.05) is 14.0 Å². The van der Waals surface area contributed by atoms with E-state index in [9.17, 15) is 45.6 Å². The van der Waals surface area contributed by atoms with E-state index >= 15 is 0 Å². The number of nitrogens with one attached hydrogen (secondary N) is 1. The quantitative estimate of drug-likeness (QED) is 0.0293. The van der Waals surface area contributed by atoms with E-state index in [1.165, 1.54) is 21.0 Å². The number of methoxy groups -OCH3 is 1. The molecule has 0 aromatic heterocycles. The third kappa shape index (κ3) is 20.0. The Labute approximate surface area is 586 Å². The summed E-state index contributed by atoms with van der Waals surface area (Å²) >= 11 is 0. The van der Waals surface area contributed by atoms with E-state index in [4.69, 9.17) is 75.8 Å². The summed E-state index contributed by atoms with van der Waals surface area (Å²) in [4.78, 5) is 13.5. The van der Waals surface area contributed by atoms with Gasteiger partial charge in [-0.3, -0.25) is 4.79 Å². The first-order valence-electron chi connectivity index (χ1n) is 34.0. The lowest BCUT2D eigenvalue weighted by atomic mass is 9.94. The van der Waals surface area contributed by atoms with Gasteiger partial charge < -0.3 is 122 Å². The molecular weight excluding hydrogens is 1310 g/mol. The molecular formula is C75H93NO25. The van der Waals surface area contributed by atoms with Gasteiger partial charge in [0.2, 0.25) is 5.91 Å².